The van der Waals surface area contributed by atoms with E-state index in [0.717, 1.165) is 11.1 Å². The molecule has 108 valence electrons. The van der Waals surface area contributed by atoms with Crippen LogP contribution in [0.15, 0.2) is 42.6 Å². The van der Waals surface area contributed by atoms with Gasteiger partial charge in [-0.25, -0.2) is 0 Å². The third-order valence-corrected chi connectivity index (χ3v) is 3.26. The van der Waals surface area contributed by atoms with Crippen molar-refractivity contribution >= 4 is 23.4 Å². The van der Waals surface area contributed by atoms with Crippen molar-refractivity contribution in [2.75, 3.05) is 7.11 Å². The smallest absolute Gasteiger partial charge is 0.305 e. The Kier molecular flexibility index (Phi) is 5.06. The maximum atomic E-state index is 12.0. The fourth-order valence-corrected chi connectivity index (χ4v) is 1.98. The van der Waals surface area contributed by atoms with Crippen LogP contribution in [0.4, 0.5) is 0 Å². The zero-order chi connectivity index (χ0) is 15.2. The minimum absolute atomic E-state index is 0.0577. The molecule has 0 aliphatic rings. The van der Waals surface area contributed by atoms with Gasteiger partial charge in [-0.1, -0.05) is 23.7 Å². The predicted molar refractivity (Wildman–Crippen MR) is 80.3 cm³/mol. The van der Waals surface area contributed by atoms with Gasteiger partial charge in [-0.3, -0.25) is 14.6 Å². The number of carbonyl (C=O) groups is 2. The number of carbonyl (C=O) groups excluding carboxylic acids is 2. The number of ether oxygens (including phenoxy) is 1. The Labute approximate surface area is 127 Å². The summed E-state index contributed by atoms with van der Waals surface area (Å²) in [5.74, 6) is -0.589. The van der Waals surface area contributed by atoms with Gasteiger partial charge >= 0.3 is 5.97 Å². The second kappa shape index (κ2) is 6.99. The lowest BCUT2D eigenvalue weighted by Gasteiger charge is -2.04. The molecule has 0 saturated carbocycles. The molecular formula is C16H14ClNO3. The predicted octanol–water partition coefficient (Wildman–Crippen LogP) is 3.54. The van der Waals surface area contributed by atoms with Gasteiger partial charge in [0.1, 0.15) is 5.69 Å². The molecule has 0 amide bonds. The van der Waals surface area contributed by atoms with Gasteiger partial charge < -0.3 is 4.74 Å². The summed E-state index contributed by atoms with van der Waals surface area (Å²) in [5, 5.41) is 0.655. The van der Waals surface area contributed by atoms with E-state index >= 15 is 0 Å². The Morgan fingerprint density at radius 2 is 1.81 bits per heavy atom. The average molecular weight is 304 g/mol. The van der Waals surface area contributed by atoms with Crippen molar-refractivity contribution < 1.29 is 14.3 Å². The molecule has 0 aliphatic heterocycles. The molecule has 2 aromatic rings. The maximum absolute atomic E-state index is 12.0. The van der Waals surface area contributed by atoms with Crippen LogP contribution in [0.3, 0.4) is 0 Å². The molecule has 1 aromatic heterocycles. The lowest BCUT2D eigenvalue weighted by Crippen LogP contribution is -2.07. The van der Waals surface area contributed by atoms with Crippen LogP contribution in [0.2, 0.25) is 5.02 Å². The molecule has 4 nitrogen and oxygen atoms in total. The van der Waals surface area contributed by atoms with E-state index in [-0.39, 0.29) is 18.6 Å². The highest BCUT2D eigenvalue weighted by atomic mass is 35.5. The number of Topliss-reactive ketones (excluding diaryl/α,β-unsaturated/α-hetero) is 1. The number of methoxy groups -OCH3 is 1. The van der Waals surface area contributed by atoms with Crippen LogP contribution in [-0.2, 0) is 9.53 Å². The zero-order valence-electron chi connectivity index (χ0n) is 11.5. The van der Waals surface area contributed by atoms with E-state index in [2.05, 4.69) is 9.72 Å². The highest BCUT2D eigenvalue weighted by molar-refractivity contribution is 6.30. The van der Waals surface area contributed by atoms with Gasteiger partial charge in [-0.15, -0.1) is 0 Å². The van der Waals surface area contributed by atoms with Crippen LogP contribution in [-0.4, -0.2) is 23.8 Å². The lowest BCUT2D eigenvalue weighted by molar-refractivity contribution is -0.140. The van der Waals surface area contributed by atoms with Crippen molar-refractivity contribution in [3.05, 3.63) is 53.3 Å². The van der Waals surface area contributed by atoms with Gasteiger partial charge in [0.05, 0.1) is 13.5 Å². The zero-order valence-corrected chi connectivity index (χ0v) is 12.3. The van der Waals surface area contributed by atoms with E-state index in [1.54, 1.807) is 24.4 Å². The van der Waals surface area contributed by atoms with E-state index in [9.17, 15) is 9.59 Å². The molecule has 2 rings (SSSR count). The summed E-state index contributed by atoms with van der Waals surface area (Å²) in [7, 11) is 1.30. The number of hydrogen-bond donors (Lipinski definition) is 0. The molecule has 0 unspecified atom stereocenters. The van der Waals surface area contributed by atoms with Gasteiger partial charge in [0.15, 0.2) is 5.78 Å². The first-order chi connectivity index (χ1) is 10.1. The topological polar surface area (TPSA) is 56.3 Å². The third kappa shape index (κ3) is 4.13. The molecule has 0 N–H and O–H groups in total. The standard InChI is InChI=1S/C16H14ClNO3/c1-21-16(20)7-6-15(19)14-10-12(8-9-18-14)11-2-4-13(17)5-3-11/h2-5,8-10H,6-7H2,1H3. The molecule has 0 radical (unpaired) electrons. The number of pyridine rings is 1. The highest BCUT2D eigenvalue weighted by Gasteiger charge is 2.11. The first kappa shape index (κ1) is 15.2. The summed E-state index contributed by atoms with van der Waals surface area (Å²) < 4.78 is 4.52. The molecule has 0 bridgehead atoms. The minimum Gasteiger partial charge on any atom is -0.469 e. The van der Waals surface area contributed by atoms with E-state index < -0.39 is 5.97 Å². The van der Waals surface area contributed by atoms with Crippen molar-refractivity contribution in [2.24, 2.45) is 0 Å². The van der Waals surface area contributed by atoms with Gasteiger partial charge in [0.2, 0.25) is 0 Å². The summed E-state index contributed by atoms with van der Waals surface area (Å²) in [5.41, 5.74) is 2.17. The Balaban J connectivity index is 2.15. The normalized spacial score (nSPS) is 10.2. The van der Waals surface area contributed by atoms with Gasteiger partial charge in [-0.05, 0) is 35.4 Å². The second-order valence-electron chi connectivity index (χ2n) is 4.44. The number of ketones is 1. The number of rotatable bonds is 5. The minimum atomic E-state index is -0.405. The lowest BCUT2D eigenvalue weighted by atomic mass is 10.0. The van der Waals surface area contributed by atoms with Crippen LogP contribution in [0, 0.1) is 0 Å². The summed E-state index contributed by atoms with van der Waals surface area (Å²) in [6.45, 7) is 0. The molecule has 0 spiro atoms. The molecule has 0 fully saturated rings. The number of benzene rings is 1. The molecule has 1 heterocycles. The van der Waals surface area contributed by atoms with Crippen molar-refractivity contribution in [3.63, 3.8) is 0 Å². The summed E-state index contributed by atoms with van der Waals surface area (Å²) in [6, 6.07) is 10.9. The van der Waals surface area contributed by atoms with Crippen molar-refractivity contribution in [1.82, 2.24) is 4.98 Å². The highest BCUT2D eigenvalue weighted by Crippen LogP contribution is 2.22. The van der Waals surface area contributed by atoms with E-state index in [4.69, 9.17) is 11.6 Å². The number of hydrogen-bond acceptors (Lipinski definition) is 4. The molecule has 21 heavy (non-hydrogen) atoms. The first-order valence-corrected chi connectivity index (χ1v) is 6.80. The summed E-state index contributed by atoms with van der Waals surface area (Å²) in [4.78, 5) is 27.1. The monoisotopic (exact) mass is 303 g/mol. The van der Waals surface area contributed by atoms with Crippen molar-refractivity contribution in [3.8, 4) is 11.1 Å². The first-order valence-electron chi connectivity index (χ1n) is 6.42. The van der Waals surface area contributed by atoms with Crippen LogP contribution in [0.5, 0.6) is 0 Å². The Morgan fingerprint density at radius 3 is 2.48 bits per heavy atom. The average Bonchev–Trinajstić information content (AvgIpc) is 2.53. The fraction of sp³-hybridized carbons (Fsp3) is 0.188. The number of aromatic nitrogens is 1. The maximum Gasteiger partial charge on any atom is 0.305 e. The SMILES string of the molecule is COC(=O)CCC(=O)c1cc(-c2ccc(Cl)cc2)ccn1. The van der Waals surface area contributed by atoms with Crippen molar-refractivity contribution in [1.29, 1.82) is 0 Å². The van der Waals surface area contributed by atoms with Crippen molar-refractivity contribution in [2.45, 2.75) is 12.8 Å². The number of nitrogens with zero attached hydrogens (tertiary/aromatic N) is 1. The largest absolute Gasteiger partial charge is 0.469 e. The van der Waals surface area contributed by atoms with E-state index in [0.29, 0.717) is 10.7 Å². The van der Waals surface area contributed by atoms with Crippen LogP contribution < -0.4 is 0 Å². The summed E-state index contributed by atoms with van der Waals surface area (Å²) in [6.07, 6.45) is 1.72. The Bertz CT molecular complexity index is 653. The number of halogens is 1. The van der Waals surface area contributed by atoms with Crippen LogP contribution in [0.25, 0.3) is 11.1 Å². The van der Waals surface area contributed by atoms with Gasteiger partial charge in [0, 0.05) is 17.6 Å². The molecule has 1 aromatic carbocycles. The Morgan fingerprint density at radius 1 is 1.10 bits per heavy atom. The van der Waals surface area contributed by atoms with Gasteiger partial charge in [-0.2, -0.15) is 0 Å². The molecule has 0 aliphatic carbocycles. The van der Waals surface area contributed by atoms with Crippen LogP contribution in [0.1, 0.15) is 23.3 Å². The van der Waals surface area contributed by atoms with Gasteiger partial charge in [0.25, 0.3) is 0 Å². The molecular weight excluding hydrogens is 290 g/mol. The molecule has 0 saturated heterocycles. The van der Waals surface area contributed by atoms with E-state index in [1.165, 1.54) is 7.11 Å². The third-order valence-electron chi connectivity index (χ3n) is 3.01. The fourth-order valence-electron chi connectivity index (χ4n) is 1.85. The Hall–Kier alpha value is -2.20. The summed E-state index contributed by atoms with van der Waals surface area (Å²) >= 11 is 5.86. The molecule has 5 heteroatoms. The molecule has 0 atom stereocenters. The quantitative estimate of drug-likeness (QED) is 0.626. The van der Waals surface area contributed by atoms with Crippen LogP contribution >= 0.6 is 11.6 Å². The second-order valence-corrected chi connectivity index (χ2v) is 4.87. The number of esters is 1. The van der Waals surface area contributed by atoms with E-state index in [1.807, 2.05) is 18.2 Å².